The van der Waals surface area contributed by atoms with Gasteiger partial charge in [0.2, 0.25) is 6.79 Å². The van der Waals surface area contributed by atoms with Crippen LogP contribution in [0.1, 0.15) is 25.7 Å². The van der Waals surface area contributed by atoms with Crippen LogP contribution in [0.25, 0.3) is 0 Å². The van der Waals surface area contributed by atoms with Gasteiger partial charge in [0.25, 0.3) is 5.91 Å². The number of benzene rings is 1. The first kappa shape index (κ1) is 13.2. The summed E-state index contributed by atoms with van der Waals surface area (Å²) >= 11 is 0. The number of quaternary nitrogens is 1. The summed E-state index contributed by atoms with van der Waals surface area (Å²) in [6.07, 6.45) is 5.06. The average Bonchev–Trinajstić information content (AvgIpc) is 2.75. The van der Waals surface area contributed by atoms with Gasteiger partial charge in [-0.1, -0.05) is 0 Å². The number of likely N-dealkylation sites (tertiary alicyclic amines) is 1. The molecule has 5 heteroatoms. The summed E-state index contributed by atoms with van der Waals surface area (Å²) in [5.41, 5.74) is 0.772. The minimum atomic E-state index is 0.0702. The van der Waals surface area contributed by atoms with Gasteiger partial charge < -0.3 is 19.7 Å². The van der Waals surface area contributed by atoms with E-state index in [4.69, 9.17) is 9.47 Å². The van der Waals surface area contributed by atoms with E-state index in [2.05, 4.69) is 5.32 Å². The SMILES string of the molecule is O=C(C[NH+]1CCCCCC1)Nc1ccc2c(c1)OCO2. The van der Waals surface area contributed by atoms with Gasteiger partial charge in [-0.25, -0.2) is 0 Å². The van der Waals surface area contributed by atoms with Crippen LogP contribution >= 0.6 is 0 Å². The number of amides is 1. The van der Waals surface area contributed by atoms with Crippen molar-refractivity contribution < 1.29 is 19.2 Å². The molecule has 2 N–H and O–H groups in total. The third-order valence-electron chi connectivity index (χ3n) is 3.88. The van der Waals surface area contributed by atoms with Crippen LogP contribution in [0.5, 0.6) is 11.5 Å². The molecule has 20 heavy (non-hydrogen) atoms. The molecule has 1 aromatic carbocycles. The normalized spacial score (nSPS) is 18.6. The summed E-state index contributed by atoms with van der Waals surface area (Å²) in [4.78, 5) is 13.5. The number of anilines is 1. The van der Waals surface area contributed by atoms with Crippen LogP contribution in [0.15, 0.2) is 18.2 Å². The molecule has 1 saturated heterocycles. The van der Waals surface area contributed by atoms with E-state index < -0.39 is 0 Å². The molecule has 1 amide bonds. The number of carbonyl (C=O) groups excluding carboxylic acids is 1. The lowest BCUT2D eigenvalue weighted by Gasteiger charge is -2.16. The van der Waals surface area contributed by atoms with Gasteiger partial charge in [-0.2, -0.15) is 0 Å². The smallest absolute Gasteiger partial charge is 0.279 e. The molecule has 0 aromatic heterocycles. The average molecular weight is 277 g/mol. The molecule has 0 radical (unpaired) electrons. The fraction of sp³-hybridized carbons (Fsp3) is 0.533. The summed E-state index contributed by atoms with van der Waals surface area (Å²) in [7, 11) is 0. The van der Waals surface area contributed by atoms with Gasteiger partial charge in [0.15, 0.2) is 18.0 Å². The van der Waals surface area contributed by atoms with Crippen molar-refractivity contribution in [3.05, 3.63) is 18.2 Å². The molecule has 2 aliphatic rings. The first-order valence-corrected chi connectivity index (χ1v) is 7.34. The van der Waals surface area contributed by atoms with Crippen LogP contribution in [-0.2, 0) is 4.79 Å². The summed E-state index contributed by atoms with van der Waals surface area (Å²) in [5.74, 6) is 1.51. The molecule has 0 unspecified atom stereocenters. The van der Waals surface area contributed by atoms with E-state index in [9.17, 15) is 4.79 Å². The van der Waals surface area contributed by atoms with Crippen LogP contribution in [0.2, 0.25) is 0 Å². The summed E-state index contributed by atoms with van der Waals surface area (Å²) in [6.45, 7) is 3.02. The molecule has 1 aromatic rings. The monoisotopic (exact) mass is 277 g/mol. The molecular formula is C15H21N2O3+. The maximum absolute atomic E-state index is 12.1. The number of rotatable bonds is 3. The Morgan fingerprint density at radius 1 is 1.10 bits per heavy atom. The number of hydrogen-bond donors (Lipinski definition) is 2. The van der Waals surface area contributed by atoms with Crippen molar-refractivity contribution in [3.63, 3.8) is 0 Å². The van der Waals surface area contributed by atoms with Crippen molar-refractivity contribution in [3.8, 4) is 11.5 Å². The fourth-order valence-corrected chi connectivity index (χ4v) is 2.81. The zero-order valence-electron chi connectivity index (χ0n) is 11.6. The predicted octanol–water partition coefficient (Wildman–Crippen LogP) is 0.813. The van der Waals surface area contributed by atoms with Gasteiger partial charge in [-0.15, -0.1) is 0 Å². The number of hydrogen-bond acceptors (Lipinski definition) is 3. The van der Waals surface area contributed by atoms with Crippen LogP contribution in [0.3, 0.4) is 0 Å². The molecular weight excluding hydrogens is 256 g/mol. The van der Waals surface area contributed by atoms with Crippen molar-refractivity contribution in [2.45, 2.75) is 25.7 Å². The lowest BCUT2D eigenvalue weighted by atomic mass is 10.2. The van der Waals surface area contributed by atoms with E-state index in [1.165, 1.54) is 30.6 Å². The summed E-state index contributed by atoms with van der Waals surface area (Å²) in [6, 6.07) is 5.50. The van der Waals surface area contributed by atoms with Gasteiger partial charge in [0.05, 0.1) is 13.1 Å². The van der Waals surface area contributed by atoms with Gasteiger partial charge in [-0.3, -0.25) is 4.79 Å². The predicted molar refractivity (Wildman–Crippen MR) is 75.2 cm³/mol. The van der Waals surface area contributed by atoms with Gasteiger partial charge in [-0.05, 0) is 37.8 Å². The third-order valence-corrected chi connectivity index (χ3v) is 3.88. The Hall–Kier alpha value is -1.75. The van der Waals surface area contributed by atoms with Gasteiger partial charge in [0, 0.05) is 11.8 Å². The highest BCUT2D eigenvalue weighted by Gasteiger charge is 2.18. The number of fused-ring (bicyclic) bond motifs is 1. The number of ether oxygens (including phenoxy) is 2. The number of carbonyl (C=O) groups is 1. The number of nitrogens with one attached hydrogen (secondary N) is 2. The first-order valence-electron chi connectivity index (χ1n) is 7.34. The van der Waals surface area contributed by atoms with Gasteiger partial charge in [0.1, 0.15) is 0 Å². The molecule has 5 nitrogen and oxygen atoms in total. The molecule has 0 aliphatic carbocycles. The largest absolute Gasteiger partial charge is 0.454 e. The Labute approximate surface area is 118 Å². The molecule has 0 saturated carbocycles. The van der Waals surface area contributed by atoms with Crippen LogP contribution in [0, 0.1) is 0 Å². The molecule has 0 bridgehead atoms. The second-order valence-electron chi connectivity index (χ2n) is 5.46. The summed E-state index contributed by atoms with van der Waals surface area (Å²) in [5, 5.41) is 2.94. The molecule has 3 rings (SSSR count). The van der Waals surface area contributed by atoms with E-state index in [0.29, 0.717) is 12.3 Å². The standard InChI is InChI=1S/C15H20N2O3/c18-15(10-17-7-3-1-2-4-8-17)16-12-5-6-13-14(9-12)20-11-19-13/h5-6,9H,1-4,7-8,10-11H2,(H,16,18)/p+1. The Balaban J connectivity index is 1.55. The second kappa shape index (κ2) is 6.13. The molecule has 2 heterocycles. The first-order chi connectivity index (χ1) is 9.81. The van der Waals surface area contributed by atoms with E-state index in [-0.39, 0.29) is 12.7 Å². The van der Waals surface area contributed by atoms with Crippen LogP contribution in [-0.4, -0.2) is 32.3 Å². The lowest BCUT2D eigenvalue weighted by Crippen LogP contribution is -3.12. The van der Waals surface area contributed by atoms with Crippen molar-refractivity contribution >= 4 is 11.6 Å². The van der Waals surface area contributed by atoms with Crippen LogP contribution in [0.4, 0.5) is 5.69 Å². The van der Waals surface area contributed by atoms with Crippen molar-refractivity contribution in [2.24, 2.45) is 0 Å². The highest BCUT2D eigenvalue weighted by Crippen LogP contribution is 2.34. The topological polar surface area (TPSA) is 52.0 Å². The lowest BCUT2D eigenvalue weighted by molar-refractivity contribution is -0.890. The maximum Gasteiger partial charge on any atom is 0.279 e. The molecule has 1 fully saturated rings. The Morgan fingerprint density at radius 3 is 2.65 bits per heavy atom. The molecule has 0 atom stereocenters. The Kier molecular flexibility index (Phi) is 4.06. The quantitative estimate of drug-likeness (QED) is 0.860. The molecule has 108 valence electrons. The zero-order valence-corrected chi connectivity index (χ0v) is 11.6. The molecule has 0 spiro atoms. The minimum absolute atomic E-state index is 0.0702. The second-order valence-corrected chi connectivity index (χ2v) is 5.46. The van der Waals surface area contributed by atoms with Crippen molar-refractivity contribution in [1.29, 1.82) is 0 Å². The van der Waals surface area contributed by atoms with E-state index in [1.54, 1.807) is 0 Å². The van der Waals surface area contributed by atoms with Gasteiger partial charge >= 0.3 is 0 Å². The zero-order chi connectivity index (χ0) is 13.8. The molecule has 2 aliphatic heterocycles. The maximum atomic E-state index is 12.1. The Morgan fingerprint density at radius 2 is 1.85 bits per heavy atom. The minimum Gasteiger partial charge on any atom is -0.454 e. The fourth-order valence-electron chi connectivity index (χ4n) is 2.81. The van der Waals surface area contributed by atoms with Crippen molar-refractivity contribution in [2.75, 3.05) is 31.7 Å². The van der Waals surface area contributed by atoms with E-state index in [1.807, 2.05) is 18.2 Å². The van der Waals surface area contributed by atoms with E-state index in [0.717, 1.165) is 24.5 Å². The van der Waals surface area contributed by atoms with E-state index >= 15 is 0 Å². The van der Waals surface area contributed by atoms with Crippen molar-refractivity contribution in [1.82, 2.24) is 0 Å². The third kappa shape index (κ3) is 3.22. The summed E-state index contributed by atoms with van der Waals surface area (Å²) < 4.78 is 10.6. The Bertz CT molecular complexity index is 482. The highest BCUT2D eigenvalue weighted by atomic mass is 16.7. The highest BCUT2D eigenvalue weighted by molar-refractivity contribution is 5.91. The van der Waals surface area contributed by atoms with Crippen LogP contribution < -0.4 is 19.7 Å².